The Morgan fingerprint density at radius 1 is 1.00 bits per heavy atom. The zero-order valence-corrected chi connectivity index (χ0v) is 17.5. The van der Waals surface area contributed by atoms with E-state index in [-0.39, 0.29) is 5.92 Å². The van der Waals surface area contributed by atoms with Crippen LogP contribution in [0, 0.1) is 0 Å². The molecule has 1 aliphatic rings. The molecule has 0 bridgehead atoms. The molecule has 3 aromatic rings. The fourth-order valence-corrected chi connectivity index (χ4v) is 5.10. The summed E-state index contributed by atoms with van der Waals surface area (Å²) in [7, 11) is -3.48. The van der Waals surface area contributed by atoms with Crippen LogP contribution in [0.25, 0.3) is 11.5 Å². The highest BCUT2D eigenvalue weighted by atomic mass is 32.2. The van der Waals surface area contributed by atoms with E-state index in [9.17, 15) is 8.42 Å². The summed E-state index contributed by atoms with van der Waals surface area (Å²) in [6.45, 7) is 5.09. The van der Waals surface area contributed by atoms with Gasteiger partial charge in [-0.3, -0.25) is 0 Å². The Bertz CT molecular complexity index is 1050. The van der Waals surface area contributed by atoms with Gasteiger partial charge in [-0.2, -0.15) is 9.29 Å². The van der Waals surface area contributed by atoms with Crippen molar-refractivity contribution in [2.45, 2.75) is 43.4 Å². The quantitative estimate of drug-likeness (QED) is 0.621. The van der Waals surface area contributed by atoms with Gasteiger partial charge in [0, 0.05) is 24.6 Å². The van der Waals surface area contributed by atoms with Gasteiger partial charge in [-0.1, -0.05) is 49.3 Å². The van der Waals surface area contributed by atoms with Crippen LogP contribution in [-0.2, 0) is 10.0 Å². The normalized spacial score (nSPS) is 16.4. The van der Waals surface area contributed by atoms with Crippen molar-refractivity contribution in [1.29, 1.82) is 0 Å². The Kier molecular flexibility index (Phi) is 5.52. The summed E-state index contributed by atoms with van der Waals surface area (Å²) in [4.78, 5) is 4.88. The fourth-order valence-electron chi connectivity index (χ4n) is 3.63. The van der Waals surface area contributed by atoms with Crippen molar-refractivity contribution < 1.29 is 12.9 Å². The van der Waals surface area contributed by atoms with Crippen LogP contribution in [-0.4, -0.2) is 36.0 Å². The largest absolute Gasteiger partial charge is 0.334 e. The van der Waals surface area contributed by atoms with Gasteiger partial charge in [-0.25, -0.2) is 8.42 Å². The maximum Gasteiger partial charge on any atom is 0.257 e. The number of rotatable bonds is 5. The second-order valence-corrected chi connectivity index (χ2v) is 9.66. The maximum absolute atomic E-state index is 13.0. The topological polar surface area (TPSA) is 76.3 Å². The van der Waals surface area contributed by atoms with E-state index >= 15 is 0 Å². The smallest absolute Gasteiger partial charge is 0.257 e. The number of aromatic nitrogens is 2. The van der Waals surface area contributed by atoms with Crippen molar-refractivity contribution in [2.75, 3.05) is 13.1 Å². The third-order valence-corrected chi connectivity index (χ3v) is 7.38. The molecule has 0 aliphatic carbocycles. The Morgan fingerprint density at radius 3 is 2.28 bits per heavy atom. The predicted molar refractivity (Wildman–Crippen MR) is 111 cm³/mol. The van der Waals surface area contributed by atoms with Gasteiger partial charge in [0.15, 0.2) is 5.82 Å². The van der Waals surface area contributed by atoms with E-state index in [1.165, 1.54) is 0 Å². The molecule has 0 saturated carbocycles. The van der Waals surface area contributed by atoms with E-state index in [1.54, 1.807) is 16.4 Å². The Hall–Kier alpha value is -2.51. The standard InChI is InChI=1S/C22H25N3O3S/c1-16(2)17-8-10-20(11-9-17)29(26,27)25-14-12-18(13-15-25)21-23-22(28-24-21)19-6-4-3-5-7-19/h3-11,16,18H,12-15H2,1-2H3. The number of benzene rings is 2. The Labute approximate surface area is 171 Å². The molecular formula is C22H25N3O3S. The molecule has 0 unspecified atom stereocenters. The van der Waals surface area contributed by atoms with Crippen molar-refractivity contribution in [3.63, 3.8) is 0 Å². The van der Waals surface area contributed by atoms with E-state index in [2.05, 4.69) is 24.0 Å². The van der Waals surface area contributed by atoms with Crippen LogP contribution < -0.4 is 0 Å². The van der Waals surface area contributed by atoms with Crippen LogP contribution in [0.5, 0.6) is 0 Å². The monoisotopic (exact) mass is 411 g/mol. The first kappa shape index (κ1) is 19.8. The van der Waals surface area contributed by atoms with Crippen LogP contribution >= 0.6 is 0 Å². The summed E-state index contributed by atoms with van der Waals surface area (Å²) in [5.74, 6) is 1.63. The highest BCUT2D eigenvalue weighted by Gasteiger charge is 2.31. The molecule has 1 aromatic heterocycles. The predicted octanol–water partition coefficient (Wildman–Crippen LogP) is 4.43. The van der Waals surface area contributed by atoms with Gasteiger partial charge >= 0.3 is 0 Å². The van der Waals surface area contributed by atoms with Crippen LogP contribution in [0.1, 0.15) is 49.9 Å². The van der Waals surface area contributed by atoms with E-state index in [0.29, 0.717) is 48.5 Å². The van der Waals surface area contributed by atoms with Crippen LogP contribution in [0.15, 0.2) is 64.0 Å². The molecule has 152 valence electrons. The van der Waals surface area contributed by atoms with E-state index in [0.717, 1.165) is 11.1 Å². The number of piperidine rings is 1. The third kappa shape index (κ3) is 4.11. The zero-order valence-electron chi connectivity index (χ0n) is 16.7. The molecule has 1 aliphatic heterocycles. The summed E-state index contributed by atoms with van der Waals surface area (Å²) in [6, 6.07) is 16.9. The molecule has 0 radical (unpaired) electrons. The molecule has 1 fully saturated rings. The van der Waals surface area contributed by atoms with E-state index in [1.807, 2.05) is 42.5 Å². The van der Waals surface area contributed by atoms with Gasteiger partial charge in [0.25, 0.3) is 5.89 Å². The molecule has 6 nitrogen and oxygen atoms in total. The molecule has 0 N–H and O–H groups in total. The number of nitrogens with zero attached hydrogens (tertiary/aromatic N) is 3. The van der Waals surface area contributed by atoms with Crippen molar-refractivity contribution in [3.05, 3.63) is 66.0 Å². The summed E-state index contributed by atoms with van der Waals surface area (Å²) in [5, 5.41) is 4.13. The second-order valence-electron chi connectivity index (χ2n) is 7.73. The molecule has 2 heterocycles. The zero-order chi connectivity index (χ0) is 20.4. The lowest BCUT2D eigenvalue weighted by Crippen LogP contribution is -2.38. The first-order chi connectivity index (χ1) is 13.9. The van der Waals surface area contributed by atoms with Crippen LogP contribution in [0.4, 0.5) is 0 Å². The van der Waals surface area contributed by atoms with E-state index < -0.39 is 10.0 Å². The molecule has 0 spiro atoms. The summed E-state index contributed by atoms with van der Waals surface area (Å²) in [6.07, 6.45) is 1.36. The summed E-state index contributed by atoms with van der Waals surface area (Å²) >= 11 is 0. The first-order valence-corrected chi connectivity index (χ1v) is 11.4. The average molecular weight is 412 g/mol. The number of hydrogen-bond donors (Lipinski definition) is 0. The first-order valence-electron chi connectivity index (χ1n) is 9.94. The molecule has 0 atom stereocenters. The minimum absolute atomic E-state index is 0.103. The van der Waals surface area contributed by atoms with Crippen molar-refractivity contribution in [1.82, 2.24) is 14.4 Å². The van der Waals surface area contributed by atoms with Gasteiger partial charge < -0.3 is 4.52 Å². The molecule has 0 amide bonds. The van der Waals surface area contributed by atoms with Gasteiger partial charge in [0.2, 0.25) is 10.0 Å². The molecule has 4 rings (SSSR count). The summed E-state index contributed by atoms with van der Waals surface area (Å²) in [5.41, 5.74) is 2.02. The number of hydrogen-bond acceptors (Lipinski definition) is 5. The van der Waals surface area contributed by atoms with Crippen LogP contribution in [0.2, 0.25) is 0 Å². The Balaban J connectivity index is 1.43. The van der Waals surface area contributed by atoms with Gasteiger partial charge in [-0.15, -0.1) is 0 Å². The Morgan fingerprint density at radius 2 is 1.66 bits per heavy atom. The van der Waals surface area contributed by atoms with Gasteiger partial charge in [0.1, 0.15) is 0 Å². The maximum atomic E-state index is 13.0. The molecule has 29 heavy (non-hydrogen) atoms. The second kappa shape index (κ2) is 8.08. The molecule has 1 saturated heterocycles. The minimum Gasteiger partial charge on any atom is -0.334 e. The van der Waals surface area contributed by atoms with Crippen molar-refractivity contribution >= 4 is 10.0 Å². The lowest BCUT2D eigenvalue weighted by Gasteiger charge is -2.29. The highest BCUT2D eigenvalue weighted by molar-refractivity contribution is 7.89. The SMILES string of the molecule is CC(C)c1ccc(S(=O)(=O)N2CCC(c3noc(-c4ccccc4)n3)CC2)cc1. The fraction of sp³-hybridized carbons (Fsp3) is 0.364. The summed E-state index contributed by atoms with van der Waals surface area (Å²) < 4.78 is 32.9. The molecule has 7 heteroatoms. The van der Waals surface area contributed by atoms with Crippen LogP contribution in [0.3, 0.4) is 0 Å². The lowest BCUT2D eigenvalue weighted by atomic mass is 9.97. The highest BCUT2D eigenvalue weighted by Crippen LogP contribution is 2.31. The minimum atomic E-state index is -3.48. The lowest BCUT2D eigenvalue weighted by molar-refractivity contribution is 0.307. The molecular weight excluding hydrogens is 386 g/mol. The average Bonchev–Trinajstić information content (AvgIpc) is 3.25. The van der Waals surface area contributed by atoms with E-state index in [4.69, 9.17) is 4.52 Å². The number of sulfonamides is 1. The molecule has 2 aromatic carbocycles. The van der Waals surface area contributed by atoms with Crippen molar-refractivity contribution in [3.8, 4) is 11.5 Å². The van der Waals surface area contributed by atoms with Crippen molar-refractivity contribution in [2.24, 2.45) is 0 Å². The van der Waals surface area contributed by atoms with Gasteiger partial charge in [0.05, 0.1) is 4.90 Å². The van der Waals surface area contributed by atoms with Gasteiger partial charge in [-0.05, 0) is 48.6 Å². The third-order valence-electron chi connectivity index (χ3n) is 5.47.